The largest absolute Gasteiger partial charge is 0.295 e. The molecule has 0 aliphatic heterocycles. The minimum absolute atomic E-state index is 0.00364. The van der Waals surface area contributed by atoms with Crippen molar-refractivity contribution < 1.29 is 9.59 Å². The van der Waals surface area contributed by atoms with E-state index in [0.717, 1.165) is 18.4 Å². The van der Waals surface area contributed by atoms with Gasteiger partial charge in [-0.05, 0) is 36.2 Å². The Hall–Kier alpha value is -1.69. The van der Waals surface area contributed by atoms with Gasteiger partial charge in [0.1, 0.15) is 6.07 Å². The Morgan fingerprint density at radius 3 is 2.42 bits per heavy atom. The summed E-state index contributed by atoms with van der Waals surface area (Å²) in [5.41, 5.74) is 1.06. The van der Waals surface area contributed by atoms with E-state index in [2.05, 4.69) is 26.8 Å². The molecular formula is C21H29NO2. The monoisotopic (exact) mass is 327 g/mol. The highest BCUT2D eigenvalue weighted by atomic mass is 16.1. The number of hydrogen-bond donors (Lipinski definition) is 0. The van der Waals surface area contributed by atoms with Gasteiger partial charge in [0.2, 0.25) is 0 Å². The van der Waals surface area contributed by atoms with Gasteiger partial charge in [-0.15, -0.1) is 0 Å². The van der Waals surface area contributed by atoms with Crippen LogP contribution in [0.25, 0.3) is 0 Å². The second-order valence-electron chi connectivity index (χ2n) is 7.80. The molecule has 0 radical (unpaired) electrons. The second-order valence-corrected chi connectivity index (χ2v) is 7.80. The molecule has 0 spiro atoms. The Kier molecular flexibility index (Phi) is 4.91. The number of hydrogen-bond acceptors (Lipinski definition) is 3. The summed E-state index contributed by atoms with van der Waals surface area (Å²) in [6.45, 7) is 12.5. The summed E-state index contributed by atoms with van der Waals surface area (Å²) in [6, 6.07) is 2.07. The Morgan fingerprint density at radius 2 is 1.83 bits per heavy atom. The van der Waals surface area contributed by atoms with Crippen LogP contribution >= 0.6 is 0 Å². The average Bonchev–Trinajstić information content (AvgIpc) is 2.55. The molecule has 0 saturated heterocycles. The number of nitrogens with zero attached hydrogens (tertiary/aromatic N) is 1. The molecule has 3 aliphatic carbocycles. The Morgan fingerprint density at radius 1 is 1.21 bits per heavy atom. The van der Waals surface area contributed by atoms with Gasteiger partial charge in [-0.1, -0.05) is 53.2 Å². The smallest absolute Gasteiger partial charge is 0.176 e. The number of Topliss-reactive ketones (excluding diaryl/α,β-unsaturated/α-hetero) is 1. The molecule has 5 atom stereocenters. The zero-order valence-corrected chi connectivity index (χ0v) is 15.8. The maximum absolute atomic E-state index is 12.3. The van der Waals surface area contributed by atoms with Gasteiger partial charge in [-0.2, -0.15) is 5.26 Å². The zero-order valence-electron chi connectivity index (χ0n) is 15.8. The van der Waals surface area contributed by atoms with Gasteiger partial charge in [0.25, 0.3) is 0 Å². The molecule has 1 saturated carbocycles. The van der Waals surface area contributed by atoms with E-state index in [1.807, 2.05) is 32.9 Å². The summed E-state index contributed by atoms with van der Waals surface area (Å²) in [7, 11) is 0. The average molecular weight is 327 g/mol. The molecule has 130 valence electrons. The molecule has 0 aromatic rings. The van der Waals surface area contributed by atoms with E-state index in [1.54, 1.807) is 0 Å². The number of carbonyl (C=O) groups excluding carboxylic acids is 2. The lowest BCUT2D eigenvalue weighted by molar-refractivity contribution is -0.123. The van der Waals surface area contributed by atoms with E-state index < -0.39 is 0 Å². The highest BCUT2D eigenvalue weighted by molar-refractivity contribution is 6.02. The van der Waals surface area contributed by atoms with Crippen LogP contribution in [-0.2, 0) is 9.59 Å². The minimum atomic E-state index is -0.351. The topological polar surface area (TPSA) is 57.9 Å². The standard InChI is InChI=1S/C19H23NO2.C2H6/c1-11-7-14(21)8-16-18(11,3)6-5-15-12(2)17(22)13(10-20)9-19(15,16)4;1-2/h8-9,11-12,15H,5-7H2,1-4H3;1-2H3/t11-,12-,15?,18+,19+;/m1./s1. The van der Waals surface area contributed by atoms with Crippen LogP contribution in [0.15, 0.2) is 23.3 Å². The van der Waals surface area contributed by atoms with Crippen molar-refractivity contribution in [3.05, 3.63) is 23.3 Å². The molecule has 1 unspecified atom stereocenters. The van der Waals surface area contributed by atoms with Crippen LogP contribution in [0, 0.1) is 39.9 Å². The number of allylic oxidation sites excluding steroid dienone is 4. The second kappa shape index (κ2) is 6.31. The number of nitriles is 1. The van der Waals surface area contributed by atoms with Gasteiger partial charge in [-0.3, -0.25) is 9.59 Å². The zero-order chi connectivity index (χ0) is 18.3. The van der Waals surface area contributed by atoms with Gasteiger partial charge in [-0.25, -0.2) is 0 Å². The van der Waals surface area contributed by atoms with E-state index in [1.165, 1.54) is 0 Å². The molecule has 3 rings (SSSR count). The first-order chi connectivity index (χ1) is 11.2. The van der Waals surface area contributed by atoms with Gasteiger partial charge in [0.15, 0.2) is 11.6 Å². The van der Waals surface area contributed by atoms with Crippen molar-refractivity contribution >= 4 is 11.6 Å². The first-order valence-corrected chi connectivity index (χ1v) is 9.16. The molecule has 0 bridgehead atoms. The molecule has 3 aliphatic rings. The molecule has 0 aromatic heterocycles. The van der Waals surface area contributed by atoms with Crippen LogP contribution in [0.2, 0.25) is 0 Å². The predicted octanol–water partition coefficient (Wildman–Crippen LogP) is 4.64. The molecule has 24 heavy (non-hydrogen) atoms. The van der Waals surface area contributed by atoms with Crippen LogP contribution in [0.1, 0.15) is 60.8 Å². The normalized spacial score (nSPS) is 41.0. The fourth-order valence-corrected chi connectivity index (χ4v) is 5.12. The van der Waals surface area contributed by atoms with Crippen LogP contribution in [0.5, 0.6) is 0 Å². The summed E-state index contributed by atoms with van der Waals surface area (Å²) in [6.07, 6.45) is 6.27. The Labute approximate surface area is 145 Å². The SMILES string of the molecule is CC.C[C@@H]1CC(=O)C=C2[C@@]3(C)C=C(C#N)C(=O)[C@H](C)C3CC[C@]21C. The molecule has 0 heterocycles. The first kappa shape index (κ1) is 18.6. The van der Waals surface area contributed by atoms with E-state index in [9.17, 15) is 14.9 Å². The van der Waals surface area contributed by atoms with Crippen molar-refractivity contribution in [2.24, 2.45) is 28.6 Å². The highest BCUT2D eigenvalue weighted by Crippen LogP contribution is 2.62. The van der Waals surface area contributed by atoms with Crippen molar-refractivity contribution in [2.45, 2.75) is 60.8 Å². The third kappa shape index (κ3) is 2.48. The molecule has 3 nitrogen and oxygen atoms in total. The lowest BCUT2D eigenvalue weighted by atomic mass is 9.46. The molecule has 0 aromatic carbocycles. The molecule has 1 fully saturated rings. The number of fused-ring (bicyclic) bond motifs is 3. The summed E-state index contributed by atoms with van der Waals surface area (Å²) >= 11 is 0. The van der Waals surface area contributed by atoms with Crippen molar-refractivity contribution in [3.8, 4) is 6.07 Å². The molecular weight excluding hydrogens is 298 g/mol. The third-order valence-electron chi connectivity index (χ3n) is 6.69. The van der Waals surface area contributed by atoms with E-state index >= 15 is 0 Å². The maximum Gasteiger partial charge on any atom is 0.176 e. The Bertz CT molecular complexity index is 666. The summed E-state index contributed by atoms with van der Waals surface area (Å²) in [4.78, 5) is 24.5. The quantitative estimate of drug-likeness (QED) is 0.651. The van der Waals surface area contributed by atoms with E-state index in [4.69, 9.17) is 0 Å². The van der Waals surface area contributed by atoms with Gasteiger partial charge >= 0.3 is 0 Å². The van der Waals surface area contributed by atoms with Crippen molar-refractivity contribution in [1.82, 2.24) is 0 Å². The molecule has 0 N–H and O–H groups in total. The summed E-state index contributed by atoms with van der Waals surface area (Å²) < 4.78 is 0. The van der Waals surface area contributed by atoms with E-state index in [-0.39, 0.29) is 39.8 Å². The van der Waals surface area contributed by atoms with Crippen molar-refractivity contribution in [2.75, 3.05) is 0 Å². The number of rotatable bonds is 0. The van der Waals surface area contributed by atoms with Crippen LogP contribution in [0.4, 0.5) is 0 Å². The summed E-state index contributed by atoms with van der Waals surface area (Å²) in [5, 5.41) is 9.32. The molecule has 3 heteroatoms. The molecule has 0 amide bonds. The summed E-state index contributed by atoms with van der Waals surface area (Å²) in [5.74, 6) is 0.490. The van der Waals surface area contributed by atoms with Gasteiger partial charge in [0, 0.05) is 17.8 Å². The van der Waals surface area contributed by atoms with E-state index in [0.29, 0.717) is 12.3 Å². The lowest BCUT2D eigenvalue weighted by Gasteiger charge is -2.57. The fourth-order valence-electron chi connectivity index (χ4n) is 5.12. The van der Waals surface area contributed by atoms with Gasteiger partial charge < -0.3 is 0 Å². The fraction of sp³-hybridized carbons (Fsp3) is 0.667. The van der Waals surface area contributed by atoms with Crippen LogP contribution < -0.4 is 0 Å². The predicted molar refractivity (Wildman–Crippen MR) is 95.0 cm³/mol. The number of carbonyl (C=O) groups is 2. The number of ketones is 2. The highest BCUT2D eigenvalue weighted by Gasteiger charge is 2.56. The van der Waals surface area contributed by atoms with Crippen LogP contribution in [-0.4, -0.2) is 11.6 Å². The Balaban J connectivity index is 0.00000100. The maximum atomic E-state index is 12.3. The lowest BCUT2D eigenvalue weighted by Crippen LogP contribution is -2.51. The van der Waals surface area contributed by atoms with Crippen molar-refractivity contribution in [1.29, 1.82) is 5.26 Å². The van der Waals surface area contributed by atoms with Gasteiger partial charge in [0.05, 0.1) is 5.57 Å². The van der Waals surface area contributed by atoms with Crippen molar-refractivity contribution in [3.63, 3.8) is 0 Å². The first-order valence-electron chi connectivity index (χ1n) is 9.16. The minimum Gasteiger partial charge on any atom is -0.295 e. The third-order valence-corrected chi connectivity index (χ3v) is 6.69. The van der Waals surface area contributed by atoms with Crippen LogP contribution in [0.3, 0.4) is 0 Å².